The number of hydrogen-bond acceptors (Lipinski definition) is 7. The molecule has 1 aromatic rings. The maximum absolute atomic E-state index is 12.1. The van der Waals surface area contributed by atoms with E-state index in [4.69, 9.17) is 25.6 Å². The molecule has 1 aromatic carbocycles. The second-order valence-electron chi connectivity index (χ2n) is 6.02. The molecule has 0 aliphatic carbocycles. The summed E-state index contributed by atoms with van der Waals surface area (Å²) in [7, 11) is 0. The lowest BCUT2D eigenvalue weighted by atomic mass is 10.1. The number of ether oxygens (including phenoxy) is 2. The molecule has 3 unspecified atom stereocenters. The quantitative estimate of drug-likeness (QED) is 0.169. The van der Waals surface area contributed by atoms with E-state index in [1.54, 1.807) is 13.8 Å². The van der Waals surface area contributed by atoms with Crippen molar-refractivity contribution in [3.8, 4) is 0 Å². The Morgan fingerprint density at radius 3 is 2.45 bits per heavy atom. The molecule has 6 N–H and O–H groups in total. The predicted octanol–water partition coefficient (Wildman–Crippen LogP) is 1.51. The van der Waals surface area contributed by atoms with Crippen molar-refractivity contribution in [2.45, 2.75) is 32.0 Å². The van der Waals surface area contributed by atoms with Gasteiger partial charge in [0, 0.05) is 19.6 Å². The summed E-state index contributed by atoms with van der Waals surface area (Å²) in [6, 6.07) is 2.12. The van der Waals surface area contributed by atoms with Gasteiger partial charge in [0.15, 0.2) is 5.72 Å². The second kappa shape index (κ2) is 10.5. The van der Waals surface area contributed by atoms with Crippen LogP contribution in [0.4, 0.5) is 17.1 Å². The fourth-order valence-electron chi connectivity index (χ4n) is 2.96. The number of anilines is 3. The third-order valence-electron chi connectivity index (χ3n) is 4.02. The van der Waals surface area contributed by atoms with Gasteiger partial charge in [0.2, 0.25) is 0 Å². The van der Waals surface area contributed by atoms with Gasteiger partial charge in [0.25, 0.3) is 22.5 Å². The Kier molecular flexibility index (Phi) is 8.63. The van der Waals surface area contributed by atoms with Gasteiger partial charge in [0.1, 0.15) is 6.04 Å². The molecule has 164 valence electrons. The lowest BCUT2D eigenvalue weighted by molar-refractivity contribution is -0.145. The molecule has 11 nitrogen and oxygen atoms in total. The number of rotatable bonds is 10. The molecule has 1 fully saturated rings. The molecule has 0 spiro atoms. The average Bonchev–Trinajstić information content (AvgIpc) is 3.02. The maximum atomic E-state index is 12.1. The lowest BCUT2D eigenvalue weighted by Gasteiger charge is -2.32. The Morgan fingerprint density at radius 2 is 1.86 bits per heavy atom. The van der Waals surface area contributed by atoms with Crippen molar-refractivity contribution in [1.29, 1.82) is 0 Å². The van der Waals surface area contributed by atoms with Gasteiger partial charge in [0.05, 0.1) is 28.7 Å². The summed E-state index contributed by atoms with van der Waals surface area (Å²) >= 11 is 1.36. The van der Waals surface area contributed by atoms with E-state index in [2.05, 4.69) is 20.1 Å². The number of benzene rings is 1. The van der Waals surface area contributed by atoms with Gasteiger partial charge >= 0.3 is 5.97 Å². The van der Waals surface area contributed by atoms with E-state index < -0.39 is 40.3 Å². The van der Waals surface area contributed by atoms with Crippen molar-refractivity contribution in [3.63, 3.8) is 0 Å². The second-order valence-corrected chi connectivity index (χ2v) is 7.83. The first kappa shape index (κ1) is 23.8. The van der Waals surface area contributed by atoms with Crippen LogP contribution in [0.3, 0.4) is 0 Å². The monoisotopic (exact) mass is 470 g/mol. The van der Waals surface area contributed by atoms with E-state index in [1.165, 1.54) is 12.1 Å². The van der Waals surface area contributed by atoms with E-state index in [9.17, 15) is 17.8 Å². The molecule has 0 amide bonds. The molecule has 1 aliphatic rings. The van der Waals surface area contributed by atoms with Crippen LogP contribution >= 0.6 is 11.6 Å². The van der Waals surface area contributed by atoms with Crippen LogP contribution in [-0.2, 0) is 36.8 Å². The summed E-state index contributed by atoms with van der Waals surface area (Å²) in [4.78, 5) is 12.1. The minimum Gasteiger partial charge on any atom is -0.465 e. The van der Waals surface area contributed by atoms with Gasteiger partial charge in [-0.05, 0) is 26.0 Å². The maximum Gasteiger partial charge on any atom is 0.323 e. The highest BCUT2D eigenvalue weighted by molar-refractivity contribution is 7.80. The third-order valence-corrected chi connectivity index (χ3v) is 5.13. The highest BCUT2D eigenvalue weighted by atomic mass is 35.5. The summed E-state index contributed by atoms with van der Waals surface area (Å²) in [5.74, 6) is -0.409. The molecule has 0 saturated carbocycles. The smallest absolute Gasteiger partial charge is 0.323 e. The highest BCUT2D eigenvalue weighted by Crippen LogP contribution is 2.37. The molecule has 0 bridgehead atoms. The van der Waals surface area contributed by atoms with Crippen LogP contribution in [0.2, 0.25) is 5.02 Å². The first-order valence-corrected chi connectivity index (χ1v) is 11.2. The summed E-state index contributed by atoms with van der Waals surface area (Å²) in [6.07, 6.45) is 0.236. The zero-order chi connectivity index (χ0) is 21.6. The van der Waals surface area contributed by atoms with Crippen LogP contribution in [0.25, 0.3) is 0 Å². The van der Waals surface area contributed by atoms with Crippen molar-refractivity contribution in [2.75, 3.05) is 34.5 Å². The topological polar surface area (TPSA) is 158 Å². The molecule has 1 heterocycles. The number of esters is 1. The number of hydrogen-bond donors (Lipinski definition) is 6. The van der Waals surface area contributed by atoms with Crippen LogP contribution in [-0.4, -0.2) is 55.0 Å². The molecule has 1 aliphatic heterocycles. The van der Waals surface area contributed by atoms with Crippen molar-refractivity contribution < 1.29 is 31.8 Å². The van der Waals surface area contributed by atoms with E-state index in [1.807, 2.05) is 0 Å². The molecule has 29 heavy (non-hydrogen) atoms. The first-order valence-electron chi connectivity index (χ1n) is 8.60. The van der Waals surface area contributed by atoms with Crippen LogP contribution in [0.15, 0.2) is 12.1 Å². The van der Waals surface area contributed by atoms with Crippen molar-refractivity contribution in [1.82, 2.24) is 5.32 Å². The van der Waals surface area contributed by atoms with Crippen LogP contribution < -0.4 is 20.1 Å². The molecule has 0 radical (unpaired) electrons. The Bertz CT molecular complexity index is 800. The molecule has 1 saturated heterocycles. The van der Waals surface area contributed by atoms with Crippen LogP contribution in [0, 0.1) is 0 Å². The zero-order valence-corrected chi connectivity index (χ0v) is 18.1. The van der Waals surface area contributed by atoms with Crippen molar-refractivity contribution in [2.24, 2.45) is 0 Å². The van der Waals surface area contributed by atoms with E-state index in [-0.39, 0.29) is 36.0 Å². The van der Waals surface area contributed by atoms with Gasteiger partial charge in [-0.25, -0.2) is 8.42 Å². The SMILES string of the molecule is CCOC(=O)[C@@H]1CC(Nc2cc(Cl)c(NS(=O)O)cc2NS(=O)O)(OCC)CN1. The normalized spacial score (nSPS) is 23.3. The Labute approximate surface area is 178 Å². The number of nitrogens with one attached hydrogen (secondary N) is 4. The predicted molar refractivity (Wildman–Crippen MR) is 111 cm³/mol. The minimum atomic E-state index is -2.42. The van der Waals surface area contributed by atoms with Gasteiger partial charge in [-0.3, -0.25) is 28.7 Å². The van der Waals surface area contributed by atoms with Gasteiger partial charge in [-0.2, -0.15) is 0 Å². The van der Waals surface area contributed by atoms with Crippen molar-refractivity contribution in [3.05, 3.63) is 17.2 Å². The van der Waals surface area contributed by atoms with Crippen molar-refractivity contribution >= 4 is 57.2 Å². The fourth-order valence-corrected chi connectivity index (χ4v) is 3.94. The van der Waals surface area contributed by atoms with Gasteiger partial charge in [-0.15, -0.1) is 0 Å². The molecular formula is C15H23ClN4O7S2. The van der Waals surface area contributed by atoms with Gasteiger partial charge in [-0.1, -0.05) is 11.6 Å². The van der Waals surface area contributed by atoms with Gasteiger partial charge < -0.3 is 14.8 Å². The summed E-state index contributed by atoms with van der Waals surface area (Å²) in [6.45, 7) is 4.34. The molecule has 14 heteroatoms. The third kappa shape index (κ3) is 6.50. The first-order chi connectivity index (χ1) is 13.7. The largest absolute Gasteiger partial charge is 0.465 e. The number of halogens is 1. The Balaban J connectivity index is 2.35. The number of carbonyl (C=O) groups is 1. The Morgan fingerprint density at radius 1 is 1.21 bits per heavy atom. The fraction of sp³-hybridized carbons (Fsp3) is 0.533. The molecular weight excluding hydrogens is 448 g/mol. The summed E-state index contributed by atoms with van der Waals surface area (Å²) in [5.41, 5.74) is -0.517. The molecule has 2 rings (SSSR count). The van der Waals surface area contributed by atoms with E-state index in [0.29, 0.717) is 12.3 Å². The van der Waals surface area contributed by atoms with Crippen LogP contribution in [0.5, 0.6) is 0 Å². The average molecular weight is 471 g/mol. The minimum absolute atomic E-state index is 0.0745. The van der Waals surface area contributed by atoms with Crippen LogP contribution in [0.1, 0.15) is 20.3 Å². The lowest BCUT2D eigenvalue weighted by Crippen LogP contribution is -2.43. The van der Waals surface area contributed by atoms with E-state index >= 15 is 0 Å². The highest BCUT2D eigenvalue weighted by Gasteiger charge is 2.43. The van der Waals surface area contributed by atoms with E-state index in [0.717, 1.165) is 0 Å². The zero-order valence-electron chi connectivity index (χ0n) is 15.7. The Hall–Kier alpha value is -1.48. The standard InChI is InChI=1S/C15H23ClN4O7S2/c1-3-26-14(21)13-7-15(8-17-13,27-4-2)18-11-5-9(16)10(19-28(22)23)6-12(11)20-29(24)25/h5-6,13,17-20H,3-4,7-8H2,1-2H3,(H,22,23)(H,24,25)/t13-,15?/m0/s1. The summed E-state index contributed by atoms with van der Waals surface area (Å²) < 4.78 is 56.0. The molecule has 0 aromatic heterocycles. The summed E-state index contributed by atoms with van der Waals surface area (Å²) in [5, 5.41) is 6.25. The number of carbonyl (C=O) groups excluding carboxylic acids is 1. The molecule has 4 atom stereocenters.